The third kappa shape index (κ3) is 5.39. The lowest BCUT2D eigenvalue weighted by Crippen LogP contribution is -2.07. The predicted octanol–water partition coefficient (Wildman–Crippen LogP) is -0.0247. The maximum atomic E-state index is 9.83. The van der Waals surface area contributed by atoms with Crippen molar-refractivity contribution in [2.24, 2.45) is 5.90 Å². The highest BCUT2D eigenvalue weighted by Crippen LogP contribution is 1.73. The van der Waals surface area contributed by atoms with Crippen LogP contribution < -0.4 is 12.0 Å². The van der Waals surface area contributed by atoms with E-state index >= 15 is 0 Å². The molecule has 0 aliphatic carbocycles. The van der Waals surface area contributed by atoms with Crippen LogP contribution in [0.2, 0.25) is 0 Å². The maximum Gasteiger partial charge on any atom is 0.324 e. The molecule has 5 N–H and O–H groups in total. The number of rotatable bonds is 1. The number of carbonyl (C=O) groups excluding carboxylic acids is 1. The quantitative estimate of drug-likeness (QED) is 0.459. The number of carbonyl (C=O) groups is 1. The van der Waals surface area contributed by atoms with Crippen LogP contribution in [0.3, 0.4) is 0 Å². The first-order valence-corrected chi connectivity index (χ1v) is 1.70. The summed E-state index contributed by atoms with van der Waals surface area (Å²) >= 11 is 0. The molecule has 0 amide bonds. The first kappa shape index (κ1) is 9.63. The molecule has 0 aliphatic rings. The minimum atomic E-state index is -0.380. The SMILES string of the molecule is CCC(=O)ON.N. The molecule has 0 unspecified atom stereocenters. The van der Waals surface area contributed by atoms with Crippen LogP contribution in [0.4, 0.5) is 0 Å². The highest BCUT2D eigenvalue weighted by Gasteiger charge is 1.88. The van der Waals surface area contributed by atoms with Gasteiger partial charge in [0.05, 0.1) is 0 Å². The molecule has 0 spiro atoms. The maximum absolute atomic E-state index is 9.83. The van der Waals surface area contributed by atoms with E-state index in [1.807, 2.05) is 0 Å². The van der Waals surface area contributed by atoms with Crippen LogP contribution in [0.5, 0.6) is 0 Å². The fourth-order valence-electron chi connectivity index (χ4n) is 0.0833. The summed E-state index contributed by atoms with van der Waals surface area (Å²) in [6, 6.07) is 0. The van der Waals surface area contributed by atoms with Crippen LogP contribution in [0.25, 0.3) is 0 Å². The average Bonchev–Trinajstić information content (AvgIpc) is 1.65. The predicted molar refractivity (Wildman–Crippen MR) is 25.6 cm³/mol. The van der Waals surface area contributed by atoms with E-state index in [0.717, 1.165) is 0 Å². The number of nitrogens with two attached hydrogens (primary N) is 1. The average molecular weight is 106 g/mol. The largest absolute Gasteiger partial charge is 0.373 e. The van der Waals surface area contributed by atoms with E-state index in [0.29, 0.717) is 6.42 Å². The third-order valence-corrected chi connectivity index (χ3v) is 0.420. The van der Waals surface area contributed by atoms with Crippen molar-refractivity contribution in [3.05, 3.63) is 0 Å². The molecule has 4 heteroatoms. The molecule has 0 bridgehead atoms. The molecule has 7 heavy (non-hydrogen) atoms. The Morgan fingerprint density at radius 2 is 2.29 bits per heavy atom. The van der Waals surface area contributed by atoms with Crippen LogP contribution in [0.1, 0.15) is 13.3 Å². The zero-order valence-corrected chi connectivity index (χ0v) is 4.31. The summed E-state index contributed by atoms with van der Waals surface area (Å²) in [5.41, 5.74) is 0. The Kier molecular flexibility index (Phi) is 7.42. The highest BCUT2D eigenvalue weighted by molar-refractivity contribution is 5.68. The molecule has 0 fully saturated rings. The Hall–Kier alpha value is -0.610. The van der Waals surface area contributed by atoms with Crippen LogP contribution in [-0.2, 0) is 9.63 Å². The van der Waals surface area contributed by atoms with E-state index in [4.69, 9.17) is 0 Å². The standard InChI is InChI=1S/C3H7NO2.H3N/c1-2-3(5)6-4;/h2,4H2,1H3;1H3. The monoisotopic (exact) mass is 106 g/mol. The van der Waals surface area contributed by atoms with Crippen molar-refractivity contribution in [3.63, 3.8) is 0 Å². The Morgan fingerprint density at radius 1 is 1.86 bits per heavy atom. The fourth-order valence-corrected chi connectivity index (χ4v) is 0.0833. The molecular weight excluding hydrogens is 96.0 g/mol. The summed E-state index contributed by atoms with van der Waals surface area (Å²) < 4.78 is 0. The second-order valence-corrected chi connectivity index (χ2v) is 0.843. The van der Waals surface area contributed by atoms with Gasteiger partial charge in [-0.25, -0.2) is 0 Å². The molecule has 0 heterocycles. The summed E-state index contributed by atoms with van der Waals surface area (Å²) in [6.07, 6.45) is 0.344. The molecule has 0 saturated heterocycles. The minimum Gasteiger partial charge on any atom is -0.373 e. The fraction of sp³-hybridized carbons (Fsp3) is 0.667. The first-order valence-electron chi connectivity index (χ1n) is 1.70. The topological polar surface area (TPSA) is 87.3 Å². The van der Waals surface area contributed by atoms with E-state index in [1.54, 1.807) is 6.92 Å². The second-order valence-electron chi connectivity index (χ2n) is 0.843. The molecule has 0 aromatic heterocycles. The third-order valence-electron chi connectivity index (χ3n) is 0.420. The van der Waals surface area contributed by atoms with Gasteiger partial charge in [0.1, 0.15) is 0 Å². The lowest BCUT2D eigenvalue weighted by Gasteiger charge is -1.85. The molecular formula is C3H10N2O2. The molecule has 0 aromatic rings. The van der Waals surface area contributed by atoms with E-state index in [-0.39, 0.29) is 12.1 Å². The Morgan fingerprint density at radius 3 is 2.29 bits per heavy atom. The lowest BCUT2D eigenvalue weighted by molar-refractivity contribution is -0.143. The molecule has 4 nitrogen and oxygen atoms in total. The number of hydrogen-bond acceptors (Lipinski definition) is 4. The van der Waals surface area contributed by atoms with Crippen molar-refractivity contribution in [3.8, 4) is 0 Å². The van der Waals surface area contributed by atoms with Gasteiger partial charge in [-0.3, -0.25) is 4.79 Å². The van der Waals surface area contributed by atoms with Gasteiger partial charge in [0, 0.05) is 6.42 Å². The normalized spacial score (nSPS) is 6.57. The van der Waals surface area contributed by atoms with Gasteiger partial charge in [-0.2, -0.15) is 5.90 Å². The molecule has 0 radical (unpaired) electrons. The molecule has 0 atom stereocenters. The van der Waals surface area contributed by atoms with Gasteiger partial charge in [0.25, 0.3) is 0 Å². The lowest BCUT2D eigenvalue weighted by atomic mass is 10.5. The second kappa shape index (κ2) is 5.39. The summed E-state index contributed by atoms with van der Waals surface area (Å²) in [5.74, 6) is 4.05. The van der Waals surface area contributed by atoms with Crippen LogP contribution in [0.15, 0.2) is 0 Å². The van der Waals surface area contributed by atoms with E-state index < -0.39 is 0 Å². The molecule has 0 saturated carbocycles. The zero-order valence-electron chi connectivity index (χ0n) is 4.31. The smallest absolute Gasteiger partial charge is 0.324 e. The first-order chi connectivity index (χ1) is 2.81. The van der Waals surface area contributed by atoms with Gasteiger partial charge >= 0.3 is 5.97 Å². The highest BCUT2D eigenvalue weighted by atomic mass is 16.7. The summed E-state index contributed by atoms with van der Waals surface area (Å²) in [6.45, 7) is 1.68. The van der Waals surface area contributed by atoms with Gasteiger partial charge in [-0.05, 0) is 0 Å². The van der Waals surface area contributed by atoms with Gasteiger partial charge < -0.3 is 11.0 Å². The van der Waals surface area contributed by atoms with E-state index in [9.17, 15) is 4.79 Å². The zero-order chi connectivity index (χ0) is 4.99. The Labute approximate surface area is 42.2 Å². The van der Waals surface area contributed by atoms with Crippen molar-refractivity contribution >= 4 is 5.97 Å². The molecule has 0 rings (SSSR count). The molecule has 0 aliphatic heterocycles. The van der Waals surface area contributed by atoms with Crippen LogP contribution in [0, 0.1) is 0 Å². The van der Waals surface area contributed by atoms with Gasteiger partial charge in [-0.1, -0.05) is 6.92 Å². The minimum absolute atomic E-state index is 0. The summed E-state index contributed by atoms with van der Waals surface area (Å²) in [5, 5.41) is 0. The number of hydrogen-bond donors (Lipinski definition) is 2. The van der Waals surface area contributed by atoms with E-state index in [2.05, 4.69) is 10.7 Å². The van der Waals surface area contributed by atoms with E-state index in [1.165, 1.54) is 0 Å². The van der Waals surface area contributed by atoms with Gasteiger partial charge in [0.15, 0.2) is 0 Å². The van der Waals surface area contributed by atoms with Crippen molar-refractivity contribution in [1.29, 1.82) is 0 Å². The van der Waals surface area contributed by atoms with Crippen LogP contribution >= 0.6 is 0 Å². The van der Waals surface area contributed by atoms with Crippen molar-refractivity contribution in [2.45, 2.75) is 13.3 Å². The summed E-state index contributed by atoms with van der Waals surface area (Å²) in [7, 11) is 0. The van der Waals surface area contributed by atoms with Crippen molar-refractivity contribution < 1.29 is 9.63 Å². The summed E-state index contributed by atoms with van der Waals surface area (Å²) in [4.78, 5) is 13.6. The molecule has 0 aromatic carbocycles. The van der Waals surface area contributed by atoms with Crippen molar-refractivity contribution in [2.75, 3.05) is 0 Å². The van der Waals surface area contributed by atoms with Gasteiger partial charge in [-0.15, -0.1) is 0 Å². The Bertz CT molecular complexity index is 48.9. The Balaban J connectivity index is 0. The van der Waals surface area contributed by atoms with Gasteiger partial charge in [0.2, 0.25) is 0 Å². The van der Waals surface area contributed by atoms with Crippen molar-refractivity contribution in [1.82, 2.24) is 6.15 Å². The van der Waals surface area contributed by atoms with Crippen LogP contribution in [-0.4, -0.2) is 5.97 Å². The molecule has 44 valence electrons.